The Hall–Kier alpha value is -2.04. The number of nitrogens with one attached hydrogen (secondary N) is 1. The zero-order valence-corrected chi connectivity index (χ0v) is 8.79. The molecule has 0 aliphatic carbocycles. The van der Waals surface area contributed by atoms with Gasteiger partial charge in [-0.05, 0) is 24.3 Å². The molecule has 0 spiro atoms. The molecule has 2 aromatic heterocycles. The fourth-order valence-electron chi connectivity index (χ4n) is 1.78. The van der Waals surface area contributed by atoms with Gasteiger partial charge in [0.15, 0.2) is 0 Å². The molecule has 0 aliphatic rings. The summed E-state index contributed by atoms with van der Waals surface area (Å²) in [5, 5.41) is 10.9. The van der Waals surface area contributed by atoms with E-state index in [2.05, 4.69) is 4.98 Å². The molecule has 0 aliphatic heterocycles. The van der Waals surface area contributed by atoms with Crippen molar-refractivity contribution in [3.05, 3.63) is 58.3 Å². The molecule has 0 radical (unpaired) electrons. The minimum atomic E-state index is -0.732. The molecule has 84 valence electrons. The van der Waals surface area contributed by atoms with Crippen molar-refractivity contribution in [3.8, 4) is 0 Å². The third kappa shape index (κ3) is 1.84. The van der Waals surface area contributed by atoms with Gasteiger partial charge in [-0.2, -0.15) is 0 Å². The lowest BCUT2D eigenvalue weighted by Gasteiger charge is -2.14. The van der Waals surface area contributed by atoms with E-state index in [1.54, 1.807) is 25.3 Å². The zero-order chi connectivity index (χ0) is 11.5. The Bertz CT molecular complexity index is 413. The van der Waals surface area contributed by atoms with E-state index in [4.69, 9.17) is 4.42 Å². The molecular formula is C11H12N2O3. The highest BCUT2D eigenvalue weighted by Crippen LogP contribution is 2.28. The third-order valence-corrected chi connectivity index (χ3v) is 2.62. The Balaban J connectivity index is 2.38. The van der Waals surface area contributed by atoms with Crippen LogP contribution >= 0.6 is 0 Å². The lowest BCUT2D eigenvalue weighted by molar-refractivity contribution is -0.521. The van der Waals surface area contributed by atoms with Gasteiger partial charge in [0.25, 0.3) is 0 Å². The summed E-state index contributed by atoms with van der Waals surface area (Å²) in [6, 6.07) is 6.40. The van der Waals surface area contributed by atoms with E-state index in [1.807, 2.05) is 12.1 Å². The van der Waals surface area contributed by atoms with Crippen LogP contribution < -0.4 is 0 Å². The monoisotopic (exact) mass is 220 g/mol. The molecule has 5 nitrogen and oxygen atoms in total. The molecule has 2 atom stereocenters. The number of hydrogen-bond acceptors (Lipinski definition) is 3. The summed E-state index contributed by atoms with van der Waals surface area (Å²) in [6.45, 7) is 1.58. The van der Waals surface area contributed by atoms with Crippen LogP contribution in [0, 0.1) is 10.1 Å². The first-order chi connectivity index (χ1) is 7.70. The van der Waals surface area contributed by atoms with Crippen LogP contribution in [-0.4, -0.2) is 15.9 Å². The summed E-state index contributed by atoms with van der Waals surface area (Å²) in [5.41, 5.74) is 0.791. The number of rotatable bonds is 4. The van der Waals surface area contributed by atoms with Gasteiger partial charge < -0.3 is 9.40 Å². The van der Waals surface area contributed by atoms with Crippen molar-refractivity contribution >= 4 is 0 Å². The predicted molar refractivity (Wildman–Crippen MR) is 57.8 cm³/mol. The molecule has 2 rings (SSSR count). The first-order valence-corrected chi connectivity index (χ1v) is 5.00. The predicted octanol–water partition coefficient (Wildman–Crippen LogP) is 2.40. The van der Waals surface area contributed by atoms with Gasteiger partial charge in [-0.1, -0.05) is 0 Å². The maximum Gasteiger partial charge on any atom is 0.225 e. The second kappa shape index (κ2) is 4.22. The molecule has 0 amide bonds. The molecule has 0 fully saturated rings. The summed E-state index contributed by atoms with van der Waals surface area (Å²) in [6.07, 6.45) is 3.27. The Labute approximate surface area is 92.2 Å². The van der Waals surface area contributed by atoms with E-state index in [1.165, 1.54) is 6.26 Å². The van der Waals surface area contributed by atoms with Crippen molar-refractivity contribution in [2.45, 2.75) is 18.9 Å². The second-order valence-corrected chi connectivity index (χ2v) is 3.64. The van der Waals surface area contributed by atoms with Crippen molar-refractivity contribution in [1.82, 2.24) is 4.98 Å². The average Bonchev–Trinajstić information content (AvgIpc) is 2.89. The van der Waals surface area contributed by atoms with Crippen molar-refractivity contribution in [2.24, 2.45) is 0 Å². The second-order valence-electron chi connectivity index (χ2n) is 3.64. The van der Waals surface area contributed by atoms with Crippen LogP contribution in [0.15, 0.2) is 41.1 Å². The number of aromatic amines is 1. The zero-order valence-electron chi connectivity index (χ0n) is 8.79. The van der Waals surface area contributed by atoms with E-state index in [0.29, 0.717) is 5.76 Å². The van der Waals surface area contributed by atoms with Crippen molar-refractivity contribution in [1.29, 1.82) is 0 Å². The molecule has 0 bridgehead atoms. The van der Waals surface area contributed by atoms with Gasteiger partial charge >= 0.3 is 0 Å². The van der Waals surface area contributed by atoms with Gasteiger partial charge in [0.2, 0.25) is 6.04 Å². The largest absolute Gasteiger partial charge is 0.468 e. The van der Waals surface area contributed by atoms with E-state index in [9.17, 15) is 10.1 Å². The summed E-state index contributed by atoms with van der Waals surface area (Å²) >= 11 is 0. The molecule has 0 aromatic carbocycles. The average molecular weight is 220 g/mol. The van der Waals surface area contributed by atoms with Crippen LogP contribution in [0.3, 0.4) is 0 Å². The first-order valence-electron chi connectivity index (χ1n) is 5.00. The van der Waals surface area contributed by atoms with Gasteiger partial charge in [-0.3, -0.25) is 10.1 Å². The number of furan rings is 1. The third-order valence-electron chi connectivity index (χ3n) is 2.62. The Morgan fingerprint density at radius 2 is 2.25 bits per heavy atom. The number of H-pyrrole nitrogens is 1. The lowest BCUT2D eigenvalue weighted by atomic mass is 9.95. The fraction of sp³-hybridized carbons (Fsp3) is 0.273. The SMILES string of the molecule is CC(C(c1ccc[nH]1)c1ccco1)[N+](=O)[O-]. The summed E-state index contributed by atoms with van der Waals surface area (Å²) in [4.78, 5) is 13.6. The van der Waals surface area contributed by atoms with Crippen LogP contribution in [0.4, 0.5) is 0 Å². The number of nitrogens with zero attached hydrogens (tertiary/aromatic N) is 1. The highest BCUT2D eigenvalue weighted by molar-refractivity contribution is 5.22. The van der Waals surface area contributed by atoms with Gasteiger partial charge in [-0.15, -0.1) is 0 Å². The number of nitro groups is 1. The quantitative estimate of drug-likeness (QED) is 0.635. The summed E-state index contributed by atoms with van der Waals surface area (Å²) in [5.74, 6) is 0.228. The smallest absolute Gasteiger partial charge is 0.225 e. The van der Waals surface area contributed by atoms with Gasteiger partial charge in [0.05, 0.1) is 6.26 Å². The molecule has 2 unspecified atom stereocenters. The molecule has 5 heteroatoms. The minimum Gasteiger partial charge on any atom is -0.468 e. The molecule has 2 heterocycles. The first kappa shape index (κ1) is 10.5. The highest BCUT2D eigenvalue weighted by Gasteiger charge is 2.32. The Kier molecular flexibility index (Phi) is 2.76. The standard InChI is InChI=1S/C11H12N2O3/c1-8(13(14)15)11(9-4-2-6-12-9)10-5-3-7-16-10/h2-8,11-12H,1H3. The molecule has 2 aromatic rings. The fourth-order valence-corrected chi connectivity index (χ4v) is 1.78. The lowest BCUT2D eigenvalue weighted by Crippen LogP contribution is -2.25. The Morgan fingerprint density at radius 1 is 1.44 bits per heavy atom. The summed E-state index contributed by atoms with van der Waals surface area (Å²) in [7, 11) is 0. The number of aromatic nitrogens is 1. The molecule has 0 saturated carbocycles. The van der Waals surface area contributed by atoms with E-state index in [0.717, 1.165) is 5.69 Å². The van der Waals surface area contributed by atoms with Crippen LogP contribution in [0.2, 0.25) is 0 Å². The summed E-state index contributed by atoms with van der Waals surface area (Å²) < 4.78 is 5.27. The molecule has 1 N–H and O–H groups in total. The normalized spacial score (nSPS) is 14.6. The van der Waals surface area contributed by atoms with E-state index < -0.39 is 6.04 Å². The topological polar surface area (TPSA) is 72.1 Å². The number of hydrogen-bond donors (Lipinski definition) is 1. The van der Waals surface area contributed by atoms with Crippen LogP contribution in [0.25, 0.3) is 0 Å². The molecule has 0 saturated heterocycles. The maximum absolute atomic E-state index is 10.9. The van der Waals surface area contributed by atoms with Crippen molar-refractivity contribution < 1.29 is 9.34 Å². The van der Waals surface area contributed by atoms with Crippen molar-refractivity contribution in [3.63, 3.8) is 0 Å². The molecule has 16 heavy (non-hydrogen) atoms. The van der Waals surface area contributed by atoms with E-state index in [-0.39, 0.29) is 10.8 Å². The molecular weight excluding hydrogens is 208 g/mol. The van der Waals surface area contributed by atoms with Crippen LogP contribution in [-0.2, 0) is 0 Å². The van der Waals surface area contributed by atoms with Gasteiger partial charge in [-0.25, -0.2) is 0 Å². The van der Waals surface area contributed by atoms with Crippen LogP contribution in [0.5, 0.6) is 0 Å². The van der Waals surface area contributed by atoms with Gasteiger partial charge in [0, 0.05) is 23.7 Å². The maximum atomic E-state index is 10.9. The highest BCUT2D eigenvalue weighted by atomic mass is 16.6. The minimum absolute atomic E-state index is 0.298. The van der Waals surface area contributed by atoms with E-state index >= 15 is 0 Å². The van der Waals surface area contributed by atoms with Crippen LogP contribution in [0.1, 0.15) is 24.3 Å². The Morgan fingerprint density at radius 3 is 2.75 bits per heavy atom. The van der Waals surface area contributed by atoms with Gasteiger partial charge in [0.1, 0.15) is 11.7 Å². The van der Waals surface area contributed by atoms with Crippen molar-refractivity contribution in [2.75, 3.05) is 0 Å².